The molecule has 0 atom stereocenters. The summed E-state index contributed by atoms with van der Waals surface area (Å²) in [7, 11) is -4.09. The second-order valence-electron chi connectivity index (χ2n) is 3.83. The number of halogens is 1. The first-order valence-corrected chi connectivity index (χ1v) is 6.69. The molecule has 0 saturated carbocycles. The average Bonchev–Trinajstić information content (AvgIpc) is 2.16. The number of hydrogen-bond donors (Lipinski definition) is 2. The minimum Gasteiger partial charge on any atom is -1.00 e. The van der Waals surface area contributed by atoms with Gasteiger partial charge < -0.3 is 27.0 Å². The summed E-state index contributed by atoms with van der Waals surface area (Å²) in [6, 6.07) is 0. The predicted molar refractivity (Wildman–Crippen MR) is 53.7 cm³/mol. The van der Waals surface area contributed by atoms with Crippen LogP contribution in [0.1, 0.15) is 0 Å². The van der Waals surface area contributed by atoms with E-state index in [4.69, 9.17) is 5.11 Å². The standard InChI is InChI=1S/C8H18N2O4S.ClH.Na/c11-7-5-9-1-3-10(4-2-9)6-8-15(12,13)14;;/h11H,1-8H2,(H,12,13,14);1H;/q;;+1/p-1. The molecule has 98 valence electrons. The van der Waals surface area contributed by atoms with Gasteiger partial charge >= 0.3 is 29.6 Å². The number of nitrogens with one attached hydrogen (secondary N) is 1. The molecule has 1 fully saturated rings. The van der Waals surface area contributed by atoms with Crippen molar-refractivity contribution >= 4 is 10.1 Å². The van der Waals surface area contributed by atoms with Crippen molar-refractivity contribution in [1.82, 2.24) is 4.90 Å². The Hall–Kier alpha value is 1.08. The van der Waals surface area contributed by atoms with E-state index in [1.54, 1.807) is 0 Å². The molecule has 1 aliphatic heterocycles. The molecule has 0 bridgehead atoms. The Morgan fingerprint density at radius 1 is 1.29 bits per heavy atom. The molecule has 0 aromatic rings. The largest absolute Gasteiger partial charge is 1.00 e. The molecule has 0 aromatic heterocycles. The fraction of sp³-hybridized carbons (Fsp3) is 1.00. The van der Waals surface area contributed by atoms with Gasteiger partial charge in [-0.05, 0) is 0 Å². The van der Waals surface area contributed by atoms with Crippen LogP contribution in [-0.2, 0) is 10.1 Å². The van der Waals surface area contributed by atoms with E-state index in [-0.39, 0.29) is 54.3 Å². The van der Waals surface area contributed by atoms with Crippen molar-refractivity contribution in [2.24, 2.45) is 0 Å². The van der Waals surface area contributed by atoms with Crippen LogP contribution in [0.5, 0.6) is 0 Å². The molecule has 0 radical (unpaired) electrons. The van der Waals surface area contributed by atoms with Crippen molar-refractivity contribution in [3.63, 3.8) is 0 Å². The number of aliphatic hydroxyl groups excluding tert-OH is 1. The molecular weight excluding hydrogens is 279 g/mol. The maximum atomic E-state index is 10.4. The molecule has 9 heteroatoms. The third-order valence-electron chi connectivity index (χ3n) is 2.69. The van der Waals surface area contributed by atoms with Gasteiger partial charge in [0.1, 0.15) is 6.54 Å². The number of nitrogens with zero attached hydrogens (tertiary/aromatic N) is 1. The molecule has 2 N–H and O–H groups in total. The summed E-state index contributed by atoms with van der Waals surface area (Å²) < 4.78 is 31.3. The van der Waals surface area contributed by atoms with Crippen LogP contribution in [0.3, 0.4) is 0 Å². The van der Waals surface area contributed by atoms with Gasteiger partial charge in [-0.3, -0.25) is 4.90 Å². The summed E-state index contributed by atoms with van der Waals surface area (Å²) >= 11 is 0. The second-order valence-corrected chi connectivity index (χ2v) is 5.35. The van der Waals surface area contributed by atoms with Crippen molar-refractivity contribution in [2.45, 2.75) is 0 Å². The molecule has 1 rings (SSSR count). The molecule has 17 heavy (non-hydrogen) atoms. The molecule has 0 aliphatic carbocycles. The molecule has 0 spiro atoms. The van der Waals surface area contributed by atoms with Crippen molar-refractivity contribution in [3.8, 4) is 0 Å². The summed E-state index contributed by atoms with van der Waals surface area (Å²) in [6.07, 6.45) is 0. The predicted octanol–water partition coefficient (Wildman–Crippen LogP) is -9.27. The summed E-state index contributed by atoms with van der Waals surface area (Å²) in [5, 5.41) is 8.74. The van der Waals surface area contributed by atoms with Gasteiger partial charge in [-0.15, -0.1) is 0 Å². The minimum atomic E-state index is -4.09. The molecule has 1 saturated heterocycles. The first-order valence-electron chi connectivity index (χ1n) is 5.11. The third-order valence-corrected chi connectivity index (χ3v) is 3.37. The average molecular weight is 297 g/mol. The molecule has 1 aliphatic rings. The zero-order chi connectivity index (χ0) is 11.3. The number of hydrogen-bond acceptors (Lipinski definition) is 5. The maximum Gasteiger partial charge on any atom is 1.00 e. The Morgan fingerprint density at radius 2 is 1.82 bits per heavy atom. The minimum absolute atomic E-state index is 0. The molecule has 1 heterocycles. The van der Waals surface area contributed by atoms with Crippen LogP contribution >= 0.6 is 0 Å². The van der Waals surface area contributed by atoms with Crippen LogP contribution in [0.4, 0.5) is 0 Å². The first kappa shape index (κ1) is 20.4. The van der Waals surface area contributed by atoms with E-state index in [2.05, 4.69) is 0 Å². The first-order chi connectivity index (χ1) is 7.01. The van der Waals surface area contributed by atoms with E-state index < -0.39 is 10.1 Å². The van der Waals surface area contributed by atoms with Crippen LogP contribution in [0.15, 0.2) is 0 Å². The number of rotatable bonds is 5. The molecule has 0 unspecified atom stereocenters. The molecular formula is C8H18ClN2NaO4S. The van der Waals surface area contributed by atoms with Crippen LogP contribution in [0.2, 0.25) is 0 Å². The van der Waals surface area contributed by atoms with Crippen molar-refractivity contribution in [1.29, 1.82) is 0 Å². The van der Waals surface area contributed by atoms with Crippen LogP contribution in [0.25, 0.3) is 0 Å². The van der Waals surface area contributed by atoms with Crippen LogP contribution in [-0.4, -0.2) is 74.6 Å². The zero-order valence-electron chi connectivity index (χ0n) is 10.1. The zero-order valence-corrected chi connectivity index (χ0v) is 13.6. The topological polar surface area (TPSA) is 85.1 Å². The van der Waals surface area contributed by atoms with Gasteiger partial charge in [0.2, 0.25) is 0 Å². The van der Waals surface area contributed by atoms with Crippen molar-refractivity contribution in [2.75, 3.05) is 51.6 Å². The normalized spacial score (nSPS) is 18.2. The maximum absolute atomic E-state index is 10.4. The quantitative estimate of drug-likeness (QED) is 0.389. The van der Waals surface area contributed by atoms with Crippen molar-refractivity contribution < 1.29 is 64.9 Å². The van der Waals surface area contributed by atoms with E-state index in [1.807, 2.05) is 4.90 Å². The van der Waals surface area contributed by atoms with Crippen LogP contribution < -0.4 is 46.9 Å². The van der Waals surface area contributed by atoms with Gasteiger partial charge in [-0.2, -0.15) is 0 Å². The SMILES string of the molecule is O=S(=O)([O-])CCN1CC[NH+](CCO)CC1.[Cl-].[Na+]. The fourth-order valence-corrected chi connectivity index (χ4v) is 2.22. The summed E-state index contributed by atoms with van der Waals surface area (Å²) in [6.45, 7) is 4.66. The number of piperazine rings is 1. The Bertz CT molecular complexity index is 283. The van der Waals surface area contributed by atoms with E-state index in [9.17, 15) is 13.0 Å². The van der Waals surface area contributed by atoms with Gasteiger partial charge in [-0.25, -0.2) is 8.42 Å². The monoisotopic (exact) mass is 296 g/mol. The Labute approximate surface area is 131 Å². The van der Waals surface area contributed by atoms with Gasteiger partial charge in [0.25, 0.3) is 0 Å². The smallest absolute Gasteiger partial charge is 1.00 e. The summed E-state index contributed by atoms with van der Waals surface area (Å²) in [4.78, 5) is 3.31. The van der Waals surface area contributed by atoms with E-state index in [1.165, 1.54) is 4.90 Å². The Morgan fingerprint density at radius 3 is 2.24 bits per heavy atom. The summed E-state index contributed by atoms with van der Waals surface area (Å²) in [5.74, 6) is -0.303. The number of quaternary nitrogens is 1. The van der Waals surface area contributed by atoms with Gasteiger partial charge in [-0.1, -0.05) is 0 Å². The Balaban J connectivity index is 0. The van der Waals surface area contributed by atoms with Gasteiger partial charge in [0.05, 0.1) is 35.6 Å². The second kappa shape index (κ2) is 9.94. The van der Waals surface area contributed by atoms with E-state index in [0.717, 1.165) is 32.7 Å². The van der Waals surface area contributed by atoms with Crippen molar-refractivity contribution in [3.05, 3.63) is 0 Å². The third kappa shape index (κ3) is 9.63. The number of aliphatic hydroxyl groups is 1. The molecule has 0 amide bonds. The fourth-order valence-electron chi connectivity index (χ4n) is 1.74. The summed E-state index contributed by atoms with van der Waals surface area (Å²) in [5.41, 5.74) is 0. The van der Waals surface area contributed by atoms with Gasteiger partial charge in [0, 0.05) is 19.6 Å². The molecule has 0 aromatic carbocycles. The van der Waals surface area contributed by atoms with E-state index in [0.29, 0.717) is 6.54 Å². The Kier molecular flexibility index (Phi) is 11.9. The molecule has 6 nitrogen and oxygen atoms in total. The van der Waals surface area contributed by atoms with E-state index >= 15 is 0 Å². The van der Waals surface area contributed by atoms with Crippen LogP contribution in [0, 0.1) is 0 Å². The van der Waals surface area contributed by atoms with Gasteiger partial charge in [0.15, 0.2) is 0 Å².